The first-order valence-corrected chi connectivity index (χ1v) is 6.30. The highest BCUT2D eigenvalue weighted by Gasteiger charge is 2.13. The van der Waals surface area contributed by atoms with Gasteiger partial charge in [0.25, 0.3) is 0 Å². The lowest BCUT2D eigenvalue weighted by atomic mass is 9.94. The summed E-state index contributed by atoms with van der Waals surface area (Å²) >= 11 is 0. The number of piperidine rings is 1. The minimum Gasteiger partial charge on any atom is -0.380 e. The average Bonchev–Trinajstić information content (AvgIpc) is 2.28. The predicted octanol–water partition coefficient (Wildman–Crippen LogP) is 1.34. The zero-order chi connectivity index (χ0) is 10.9. The minimum absolute atomic E-state index is 0.835. The van der Waals surface area contributed by atoms with Gasteiger partial charge in [-0.15, -0.1) is 0 Å². The second kappa shape index (κ2) is 8.08. The van der Waals surface area contributed by atoms with Crippen LogP contribution in [0.3, 0.4) is 0 Å². The molecule has 0 aromatic carbocycles. The van der Waals surface area contributed by atoms with Gasteiger partial charge in [-0.1, -0.05) is 0 Å². The monoisotopic (exact) mass is 214 g/mol. The van der Waals surface area contributed by atoms with Crippen molar-refractivity contribution in [3.8, 4) is 0 Å². The van der Waals surface area contributed by atoms with Crippen molar-refractivity contribution in [1.82, 2.24) is 10.2 Å². The van der Waals surface area contributed by atoms with Crippen LogP contribution in [0.4, 0.5) is 0 Å². The van der Waals surface area contributed by atoms with Gasteiger partial charge in [0.05, 0.1) is 6.61 Å². The Bertz CT molecular complexity index is 147. The molecule has 1 aliphatic heterocycles. The number of nitrogens with zero attached hydrogens (tertiary/aromatic N) is 1. The van der Waals surface area contributed by atoms with Gasteiger partial charge in [0.1, 0.15) is 0 Å². The molecule has 1 saturated heterocycles. The van der Waals surface area contributed by atoms with Gasteiger partial charge in [0, 0.05) is 13.2 Å². The summed E-state index contributed by atoms with van der Waals surface area (Å²) in [5.74, 6) is 0.945. The molecule has 1 aliphatic rings. The lowest BCUT2D eigenvalue weighted by Crippen LogP contribution is -2.31. The summed E-state index contributed by atoms with van der Waals surface area (Å²) in [7, 11) is 2.19. The van der Waals surface area contributed by atoms with E-state index >= 15 is 0 Å². The van der Waals surface area contributed by atoms with Crippen LogP contribution in [0, 0.1) is 5.92 Å². The molecule has 90 valence electrons. The van der Waals surface area contributed by atoms with Gasteiger partial charge in [0.2, 0.25) is 0 Å². The molecule has 0 amide bonds. The highest BCUT2D eigenvalue weighted by molar-refractivity contribution is 4.69. The first kappa shape index (κ1) is 12.9. The normalized spacial score (nSPS) is 18.6. The lowest BCUT2D eigenvalue weighted by Gasteiger charge is -2.25. The zero-order valence-corrected chi connectivity index (χ0v) is 10.3. The van der Waals surface area contributed by atoms with E-state index in [2.05, 4.69) is 24.2 Å². The summed E-state index contributed by atoms with van der Waals surface area (Å²) in [5.41, 5.74) is 0. The molecule has 0 aliphatic carbocycles. The first-order chi connectivity index (χ1) is 7.33. The van der Waals surface area contributed by atoms with Gasteiger partial charge in [-0.25, -0.2) is 0 Å². The first-order valence-electron chi connectivity index (χ1n) is 6.30. The largest absolute Gasteiger partial charge is 0.380 e. The van der Waals surface area contributed by atoms with Crippen LogP contribution in [0.2, 0.25) is 0 Å². The molecule has 0 bridgehead atoms. The standard InChI is InChI=1S/C12H26N2O/c1-3-15-11-10-14(2)9-6-12-4-7-13-8-5-12/h12-13H,3-11H2,1-2H3. The summed E-state index contributed by atoms with van der Waals surface area (Å²) in [4.78, 5) is 2.39. The maximum absolute atomic E-state index is 5.34. The van der Waals surface area contributed by atoms with Gasteiger partial charge in [0.15, 0.2) is 0 Å². The van der Waals surface area contributed by atoms with E-state index in [1.54, 1.807) is 0 Å². The number of hydrogen-bond acceptors (Lipinski definition) is 3. The fourth-order valence-electron chi connectivity index (χ4n) is 2.05. The zero-order valence-electron chi connectivity index (χ0n) is 10.3. The van der Waals surface area contributed by atoms with Crippen molar-refractivity contribution in [2.45, 2.75) is 26.2 Å². The Morgan fingerprint density at radius 1 is 1.27 bits per heavy atom. The summed E-state index contributed by atoms with van der Waals surface area (Å²) in [6, 6.07) is 0. The van der Waals surface area contributed by atoms with Crippen LogP contribution in [0.15, 0.2) is 0 Å². The van der Waals surface area contributed by atoms with Crippen LogP contribution in [0.5, 0.6) is 0 Å². The smallest absolute Gasteiger partial charge is 0.0593 e. The lowest BCUT2D eigenvalue weighted by molar-refractivity contribution is 0.119. The van der Waals surface area contributed by atoms with Gasteiger partial charge < -0.3 is 15.0 Å². The Morgan fingerprint density at radius 2 is 2.00 bits per heavy atom. The topological polar surface area (TPSA) is 24.5 Å². The van der Waals surface area contributed by atoms with Crippen LogP contribution in [-0.4, -0.2) is 51.3 Å². The van der Waals surface area contributed by atoms with E-state index in [0.717, 1.165) is 25.7 Å². The molecule has 0 spiro atoms. The fraction of sp³-hybridized carbons (Fsp3) is 1.00. The van der Waals surface area contributed by atoms with Gasteiger partial charge in [-0.05, 0) is 58.8 Å². The summed E-state index contributed by atoms with van der Waals surface area (Å²) < 4.78 is 5.34. The average molecular weight is 214 g/mol. The van der Waals surface area contributed by atoms with Crippen LogP contribution in [0.1, 0.15) is 26.2 Å². The highest BCUT2D eigenvalue weighted by Crippen LogP contribution is 2.15. The summed E-state index contributed by atoms with van der Waals surface area (Å²) in [6.07, 6.45) is 4.07. The van der Waals surface area contributed by atoms with E-state index in [1.165, 1.54) is 38.9 Å². The number of ether oxygens (including phenoxy) is 1. The molecular weight excluding hydrogens is 188 g/mol. The Morgan fingerprint density at radius 3 is 2.67 bits per heavy atom. The molecule has 1 fully saturated rings. The van der Waals surface area contributed by atoms with E-state index in [9.17, 15) is 0 Å². The minimum atomic E-state index is 0.835. The van der Waals surface area contributed by atoms with Crippen LogP contribution in [-0.2, 0) is 4.74 Å². The quantitative estimate of drug-likeness (QED) is 0.647. The number of rotatable bonds is 7. The SMILES string of the molecule is CCOCCN(C)CCC1CCNCC1. The van der Waals surface area contributed by atoms with Crippen molar-refractivity contribution >= 4 is 0 Å². The molecule has 3 heteroatoms. The van der Waals surface area contributed by atoms with Gasteiger partial charge in [-0.3, -0.25) is 0 Å². The number of likely N-dealkylation sites (N-methyl/N-ethyl adjacent to an activating group) is 1. The Balaban J connectivity index is 1.97. The molecule has 1 rings (SSSR count). The molecule has 0 unspecified atom stereocenters. The molecule has 1 N–H and O–H groups in total. The third-order valence-electron chi connectivity index (χ3n) is 3.20. The molecule has 0 atom stereocenters. The Kier molecular flexibility index (Phi) is 6.98. The number of hydrogen-bond donors (Lipinski definition) is 1. The van der Waals surface area contributed by atoms with Crippen molar-refractivity contribution in [1.29, 1.82) is 0 Å². The summed E-state index contributed by atoms with van der Waals surface area (Å²) in [6.45, 7) is 8.48. The third kappa shape index (κ3) is 6.13. The van der Waals surface area contributed by atoms with Crippen molar-refractivity contribution < 1.29 is 4.74 Å². The third-order valence-corrected chi connectivity index (χ3v) is 3.20. The maximum atomic E-state index is 5.34. The van der Waals surface area contributed by atoms with Gasteiger partial charge in [-0.2, -0.15) is 0 Å². The van der Waals surface area contributed by atoms with Crippen LogP contribution >= 0.6 is 0 Å². The van der Waals surface area contributed by atoms with Crippen LogP contribution in [0.25, 0.3) is 0 Å². The predicted molar refractivity (Wildman–Crippen MR) is 64.2 cm³/mol. The second-order valence-electron chi connectivity index (χ2n) is 4.48. The Labute approximate surface area is 94.2 Å². The number of nitrogens with one attached hydrogen (secondary N) is 1. The Hall–Kier alpha value is -0.120. The molecule has 0 radical (unpaired) electrons. The van der Waals surface area contributed by atoms with Crippen LogP contribution < -0.4 is 5.32 Å². The molecule has 1 heterocycles. The molecular formula is C12H26N2O. The molecule has 15 heavy (non-hydrogen) atoms. The molecule has 3 nitrogen and oxygen atoms in total. The van der Waals surface area contributed by atoms with Crippen molar-refractivity contribution in [2.75, 3.05) is 46.4 Å². The van der Waals surface area contributed by atoms with Crippen molar-refractivity contribution in [2.24, 2.45) is 5.92 Å². The van der Waals surface area contributed by atoms with E-state index in [0.29, 0.717) is 0 Å². The summed E-state index contributed by atoms with van der Waals surface area (Å²) in [5, 5.41) is 3.41. The van der Waals surface area contributed by atoms with E-state index in [4.69, 9.17) is 4.74 Å². The van der Waals surface area contributed by atoms with Gasteiger partial charge >= 0.3 is 0 Å². The second-order valence-corrected chi connectivity index (χ2v) is 4.48. The highest BCUT2D eigenvalue weighted by atomic mass is 16.5. The van der Waals surface area contributed by atoms with Crippen molar-refractivity contribution in [3.05, 3.63) is 0 Å². The maximum Gasteiger partial charge on any atom is 0.0593 e. The van der Waals surface area contributed by atoms with Crippen molar-refractivity contribution in [3.63, 3.8) is 0 Å². The molecule has 0 saturated carbocycles. The van der Waals surface area contributed by atoms with E-state index in [1.807, 2.05) is 0 Å². The van der Waals surface area contributed by atoms with E-state index in [-0.39, 0.29) is 0 Å². The molecule has 0 aromatic heterocycles. The molecule has 0 aromatic rings. The fourth-order valence-corrected chi connectivity index (χ4v) is 2.05. The van der Waals surface area contributed by atoms with E-state index < -0.39 is 0 Å².